The molecule has 1 atom stereocenters. The van der Waals surface area contributed by atoms with Gasteiger partial charge in [0.15, 0.2) is 0 Å². The maximum atomic E-state index is 8.97. The number of hydrogen-bond donors (Lipinski definition) is 1. The minimum atomic E-state index is -0.296. The van der Waals surface area contributed by atoms with Crippen molar-refractivity contribution in [2.45, 2.75) is 19.4 Å². The molecule has 3 nitrogen and oxygen atoms in total. The molecule has 0 spiro atoms. The van der Waals surface area contributed by atoms with E-state index < -0.39 is 0 Å². The number of rotatable bonds is 2. The lowest BCUT2D eigenvalue weighted by Gasteiger charge is -1.97. The zero-order valence-corrected chi connectivity index (χ0v) is 6.28. The molecule has 0 radical (unpaired) electrons. The van der Waals surface area contributed by atoms with E-state index in [1.165, 1.54) is 0 Å². The highest BCUT2D eigenvalue weighted by molar-refractivity contribution is 4.97. The first-order valence-electron chi connectivity index (χ1n) is 3.33. The average molecular weight is 140 g/mol. The highest BCUT2D eigenvalue weighted by Crippen LogP contribution is 1.98. The van der Waals surface area contributed by atoms with Gasteiger partial charge in [0.2, 0.25) is 0 Å². The highest BCUT2D eigenvalue weighted by Gasteiger charge is 2.00. The summed E-state index contributed by atoms with van der Waals surface area (Å²) in [7, 11) is 1.92. The van der Waals surface area contributed by atoms with Crippen molar-refractivity contribution in [2.24, 2.45) is 7.05 Å². The van der Waals surface area contributed by atoms with Crippen molar-refractivity contribution in [3.63, 3.8) is 0 Å². The molecule has 0 aliphatic carbocycles. The Kier molecular flexibility index (Phi) is 2.06. The van der Waals surface area contributed by atoms with Crippen molar-refractivity contribution in [1.29, 1.82) is 0 Å². The minimum Gasteiger partial charge on any atom is -0.393 e. The second kappa shape index (κ2) is 2.84. The fourth-order valence-electron chi connectivity index (χ4n) is 0.875. The van der Waals surface area contributed by atoms with Gasteiger partial charge in [0.25, 0.3) is 0 Å². The molecule has 1 aromatic rings. The Hall–Kier alpha value is -0.830. The van der Waals surface area contributed by atoms with E-state index >= 15 is 0 Å². The maximum Gasteiger partial charge on any atom is 0.0946 e. The number of nitrogens with zero attached hydrogens (tertiary/aromatic N) is 2. The van der Waals surface area contributed by atoms with Crippen molar-refractivity contribution < 1.29 is 5.11 Å². The Morgan fingerprint density at radius 2 is 2.50 bits per heavy atom. The van der Waals surface area contributed by atoms with Crippen LogP contribution in [0.5, 0.6) is 0 Å². The Morgan fingerprint density at radius 1 is 1.80 bits per heavy atom. The van der Waals surface area contributed by atoms with Crippen molar-refractivity contribution in [2.75, 3.05) is 0 Å². The standard InChI is InChI=1S/C7H12N2O/c1-6(10)3-7-4-9(2)5-8-7/h4-6,10H,3H2,1-2H3/t6-/m0/s1. The van der Waals surface area contributed by atoms with E-state index in [1.807, 2.05) is 17.8 Å². The van der Waals surface area contributed by atoms with E-state index in [1.54, 1.807) is 13.3 Å². The van der Waals surface area contributed by atoms with Crippen LogP contribution in [0.1, 0.15) is 12.6 Å². The molecule has 1 N–H and O–H groups in total. The van der Waals surface area contributed by atoms with Gasteiger partial charge >= 0.3 is 0 Å². The first-order valence-corrected chi connectivity index (χ1v) is 3.33. The third-order valence-corrected chi connectivity index (χ3v) is 1.26. The van der Waals surface area contributed by atoms with Gasteiger partial charge in [-0.3, -0.25) is 0 Å². The predicted molar refractivity (Wildman–Crippen MR) is 38.6 cm³/mol. The minimum absolute atomic E-state index is 0.296. The Balaban J connectivity index is 2.58. The molecule has 10 heavy (non-hydrogen) atoms. The lowest BCUT2D eigenvalue weighted by Crippen LogP contribution is -2.03. The SMILES string of the molecule is C[C@H](O)Cc1cn(C)cn1. The van der Waals surface area contributed by atoms with Crippen LogP contribution in [-0.4, -0.2) is 20.8 Å². The van der Waals surface area contributed by atoms with Gasteiger partial charge in [0.1, 0.15) is 0 Å². The van der Waals surface area contributed by atoms with Gasteiger partial charge in [-0.1, -0.05) is 0 Å². The first kappa shape index (κ1) is 7.28. The average Bonchev–Trinajstić information content (AvgIpc) is 2.13. The molecule has 0 saturated carbocycles. The highest BCUT2D eigenvalue weighted by atomic mass is 16.3. The monoisotopic (exact) mass is 140 g/mol. The van der Waals surface area contributed by atoms with Crippen LogP contribution in [-0.2, 0) is 13.5 Å². The second-order valence-corrected chi connectivity index (χ2v) is 2.58. The van der Waals surface area contributed by atoms with Crippen molar-refractivity contribution in [3.8, 4) is 0 Å². The zero-order valence-electron chi connectivity index (χ0n) is 6.28. The van der Waals surface area contributed by atoms with E-state index in [0.717, 1.165) is 5.69 Å². The fourth-order valence-corrected chi connectivity index (χ4v) is 0.875. The summed E-state index contributed by atoms with van der Waals surface area (Å²) in [4.78, 5) is 4.06. The molecule has 0 aliphatic heterocycles. The Morgan fingerprint density at radius 3 is 2.90 bits per heavy atom. The number of hydrogen-bond acceptors (Lipinski definition) is 2. The molecule has 1 heterocycles. The topological polar surface area (TPSA) is 38.0 Å². The molecule has 0 aliphatic rings. The van der Waals surface area contributed by atoms with Gasteiger partial charge in [0, 0.05) is 19.7 Å². The maximum absolute atomic E-state index is 8.97. The van der Waals surface area contributed by atoms with E-state index in [2.05, 4.69) is 4.98 Å². The van der Waals surface area contributed by atoms with E-state index in [9.17, 15) is 0 Å². The summed E-state index contributed by atoms with van der Waals surface area (Å²) in [5.74, 6) is 0. The third kappa shape index (κ3) is 1.84. The van der Waals surface area contributed by atoms with Gasteiger partial charge in [-0.05, 0) is 6.92 Å². The summed E-state index contributed by atoms with van der Waals surface area (Å²) in [5.41, 5.74) is 0.942. The summed E-state index contributed by atoms with van der Waals surface area (Å²) in [6.07, 6.45) is 3.99. The van der Waals surface area contributed by atoms with Gasteiger partial charge in [-0.2, -0.15) is 0 Å². The summed E-state index contributed by atoms with van der Waals surface area (Å²) in [6, 6.07) is 0. The lowest BCUT2D eigenvalue weighted by molar-refractivity contribution is 0.194. The molecule has 0 aromatic carbocycles. The number of aliphatic hydroxyl groups excluding tert-OH is 1. The van der Waals surface area contributed by atoms with Gasteiger partial charge in [0.05, 0.1) is 18.1 Å². The molecule has 0 amide bonds. The van der Waals surface area contributed by atoms with Crippen LogP contribution in [0.15, 0.2) is 12.5 Å². The molecule has 0 fully saturated rings. The molecule has 56 valence electrons. The summed E-state index contributed by atoms with van der Waals surface area (Å²) >= 11 is 0. The molecular formula is C7H12N2O. The number of imidazole rings is 1. The van der Waals surface area contributed by atoms with Gasteiger partial charge in [-0.25, -0.2) is 4.98 Å². The summed E-state index contributed by atoms with van der Waals surface area (Å²) in [5, 5.41) is 8.97. The largest absolute Gasteiger partial charge is 0.393 e. The van der Waals surface area contributed by atoms with Crippen LogP contribution in [0.25, 0.3) is 0 Å². The Bertz CT molecular complexity index is 205. The molecule has 0 bridgehead atoms. The molecule has 1 aromatic heterocycles. The molecule has 0 unspecified atom stereocenters. The number of aromatic nitrogens is 2. The van der Waals surface area contributed by atoms with E-state index in [-0.39, 0.29) is 6.10 Å². The van der Waals surface area contributed by atoms with Crippen molar-refractivity contribution in [1.82, 2.24) is 9.55 Å². The molecule has 0 saturated heterocycles. The van der Waals surface area contributed by atoms with Crippen LogP contribution in [0.2, 0.25) is 0 Å². The van der Waals surface area contributed by atoms with E-state index in [0.29, 0.717) is 6.42 Å². The lowest BCUT2D eigenvalue weighted by atomic mass is 10.2. The third-order valence-electron chi connectivity index (χ3n) is 1.26. The number of aliphatic hydroxyl groups is 1. The Labute approximate surface area is 60.3 Å². The van der Waals surface area contributed by atoms with Crippen molar-refractivity contribution in [3.05, 3.63) is 18.2 Å². The summed E-state index contributed by atoms with van der Waals surface area (Å²) in [6.45, 7) is 1.76. The van der Waals surface area contributed by atoms with Crippen LogP contribution < -0.4 is 0 Å². The van der Waals surface area contributed by atoms with Crippen molar-refractivity contribution >= 4 is 0 Å². The van der Waals surface area contributed by atoms with Gasteiger partial charge in [-0.15, -0.1) is 0 Å². The van der Waals surface area contributed by atoms with Crippen LogP contribution in [0, 0.1) is 0 Å². The quantitative estimate of drug-likeness (QED) is 0.643. The predicted octanol–water partition coefficient (Wildman–Crippen LogP) is 0.343. The molecule has 1 rings (SSSR count). The van der Waals surface area contributed by atoms with Crippen LogP contribution in [0.3, 0.4) is 0 Å². The smallest absolute Gasteiger partial charge is 0.0946 e. The van der Waals surface area contributed by atoms with Crippen LogP contribution >= 0.6 is 0 Å². The molecule has 3 heteroatoms. The zero-order chi connectivity index (χ0) is 7.56. The van der Waals surface area contributed by atoms with Crippen LogP contribution in [0.4, 0.5) is 0 Å². The fraction of sp³-hybridized carbons (Fsp3) is 0.571. The first-order chi connectivity index (χ1) is 4.68. The van der Waals surface area contributed by atoms with E-state index in [4.69, 9.17) is 5.11 Å². The summed E-state index contributed by atoms with van der Waals surface area (Å²) < 4.78 is 1.87. The van der Waals surface area contributed by atoms with Gasteiger partial charge < -0.3 is 9.67 Å². The molecular weight excluding hydrogens is 128 g/mol. The number of aryl methyl sites for hydroxylation is 1. The normalized spacial score (nSPS) is 13.5. The second-order valence-electron chi connectivity index (χ2n) is 2.58.